The Balaban J connectivity index is 1.54. The number of carbonyl (C=O) groups is 2. The third kappa shape index (κ3) is 4.95. The number of hydrogen-bond donors (Lipinski definition) is 2. The van der Waals surface area contributed by atoms with Crippen molar-refractivity contribution in [2.24, 2.45) is 5.92 Å². The van der Waals surface area contributed by atoms with E-state index in [1.807, 2.05) is 36.4 Å². The normalized spacial score (nSPS) is 22.1. The first-order valence-electron chi connectivity index (χ1n) is 9.24. The van der Waals surface area contributed by atoms with E-state index in [0.717, 1.165) is 5.56 Å². The highest BCUT2D eigenvalue weighted by Crippen LogP contribution is 2.32. The second-order valence-corrected chi connectivity index (χ2v) is 10.5. The SMILES string of the molecule is O=C(N[C@@H](Cc1ccccc1)C(=O)O)C1CCN(S(=O)(=O)C2CC=CS2)CC1. The van der Waals surface area contributed by atoms with Crippen molar-refractivity contribution < 1.29 is 23.1 Å². The molecule has 1 saturated heterocycles. The number of amides is 1. The number of allylic oxidation sites excluding steroid dienone is 1. The summed E-state index contributed by atoms with van der Waals surface area (Å²) in [6.45, 7) is 0.571. The first-order chi connectivity index (χ1) is 13.4. The molecule has 1 aromatic rings. The van der Waals surface area contributed by atoms with E-state index >= 15 is 0 Å². The summed E-state index contributed by atoms with van der Waals surface area (Å²) >= 11 is 1.31. The van der Waals surface area contributed by atoms with Crippen molar-refractivity contribution in [3.63, 3.8) is 0 Å². The Morgan fingerprint density at radius 2 is 1.89 bits per heavy atom. The number of carbonyl (C=O) groups excluding carboxylic acids is 1. The molecule has 2 aliphatic heterocycles. The van der Waals surface area contributed by atoms with Crippen molar-refractivity contribution in [1.29, 1.82) is 0 Å². The molecule has 0 aliphatic carbocycles. The molecule has 152 valence electrons. The van der Waals surface area contributed by atoms with E-state index in [2.05, 4.69) is 5.32 Å². The predicted octanol–water partition coefficient (Wildman–Crippen LogP) is 1.82. The molecule has 28 heavy (non-hydrogen) atoms. The fraction of sp³-hybridized carbons (Fsp3) is 0.474. The molecule has 1 fully saturated rings. The monoisotopic (exact) mass is 424 g/mol. The Labute approximate surface area is 169 Å². The van der Waals surface area contributed by atoms with Crippen LogP contribution in [0.3, 0.4) is 0 Å². The number of nitrogens with zero attached hydrogens (tertiary/aromatic N) is 1. The van der Waals surface area contributed by atoms with Crippen LogP contribution in [0.2, 0.25) is 0 Å². The van der Waals surface area contributed by atoms with Crippen LogP contribution in [0.25, 0.3) is 0 Å². The summed E-state index contributed by atoms with van der Waals surface area (Å²) in [6, 6.07) is 8.13. The van der Waals surface area contributed by atoms with Crippen molar-refractivity contribution >= 4 is 33.7 Å². The standard InChI is InChI=1S/C19H24N2O5S2/c22-18(20-16(19(23)24)13-14-5-2-1-3-6-14)15-8-10-21(11-9-15)28(25,26)17-7-4-12-27-17/h1-6,12,15-17H,7-11,13H2,(H,20,22)(H,23,24)/t16-,17?/m0/s1. The number of carboxylic acids is 1. The smallest absolute Gasteiger partial charge is 0.326 e. The van der Waals surface area contributed by atoms with Crippen LogP contribution in [-0.4, -0.2) is 53.4 Å². The minimum Gasteiger partial charge on any atom is -0.480 e. The van der Waals surface area contributed by atoms with Crippen molar-refractivity contribution in [2.75, 3.05) is 13.1 Å². The average Bonchev–Trinajstić information content (AvgIpc) is 3.24. The zero-order valence-electron chi connectivity index (χ0n) is 15.4. The van der Waals surface area contributed by atoms with Crippen LogP contribution in [0.1, 0.15) is 24.8 Å². The number of thioether (sulfide) groups is 1. The van der Waals surface area contributed by atoms with Gasteiger partial charge in [-0.25, -0.2) is 17.5 Å². The number of hydrogen-bond acceptors (Lipinski definition) is 5. The number of benzene rings is 1. The van der Waals surface area contributed by atoms with Crippen molar-refractivity contribution in [1.82, 2.24) is 9.62 Å². The second-order valence-electron chi connectivity index (χ2n) is 6.98. The van der Waals surface area contributed by atoms with Crippen molar-refractivity contribution in [2.45, 2.75) is 36.3 Å². The maximum absolute atomic E-state index is 12.6. The van der Waals surface area contributed by atoms with Gasteiger partial charge < -0.3 is 10.4 Å². The van der Waals surface area contributed by atoms with E-state index in [1.165, 1.54) is 16.1 Å². The molecular weight excluding hydrogens is 400 g/mol. The van der Waals surface area contributed by atoms with Crippen molar-refractivity contribution in [3.05, 3.63) is 47.4 Å². The molecule has 2 aliphatic rings. The van der Waals surface area contributed by atoms with Gasteiger partial charge in [-0.2, -0.15) is 0 Å². The minimum atomic E-state index is -3.38. The van der Waals surface area contributed by atoms with E-state index in [9.17, 15) is 23.1 Å². The Bertz CT molecular complexity index is 825. The highest BCUT2D eigenvalue weighted by molar-refractivity contribution is 8.14. The molecule has 0 aromatic heterocycles. The van der Waals surface area contributed by atoms with Gasteiger partial charge in [-0.1, -0.05) is 36.4 Å². The summed E-state index contributed by atoms with van der Waals surface area (Å²) in [5.74, 6) is -1.78. The Morgan fingerprint density at radius 3 is 2.46 bits per heavy atom. The largest absolute Gasteiger partial charge is 0.480 e. The first-order valence-corrected chi connectivity index (χ1v) is 11.7. The van der Waals surface area contributed by atoms with Gasteiger partial charge in [-0.3, -0.25) is 4.79 Å². The maximum atomic E-state index is 12.6. The van der Waals surface area contributed by atoms with E-state index in [1.54, 1.807) is 5.41 Å². The number of piperidine rings is 1. The van der Waals surface area contributed by atoms with Gasteiger partial charge in [0.1, 0.15) is 10.6 Å². The molecular formula is C19H24N2O5S2. The fourth-order valence-corrected chi connectivity index (χ4v) is 6.58. The molecule has 1 aromatic carbocycles. The van der Waals surface area contributed by atoms with Gasteiger partial charge in [0, 0.05) is 25.4 Å². The Kier molecular flexibility index (Phi) is 6.79. The zero-order valence-corrected chi connectivity index (χ0v) is 17.0. The number of sulfonamides is 1. The molecule has 1 amide bonds. The topological polar surface area (TPSA) is 104 Å². The molecule has 0 spiro atoms. The third-order valence-electron chi connectivity index (χ3n) is 5.07. The van der Waals surface area contributed by atoms with Gasteiger partial charge in [0.25, 0.3) is 0 Å². The molecule has 2 heterocycles. The van der Waals surface area contributed by atoms with Gasteiger partial charge in [0.2, 0.25) is 15.9 Å². The molecule has 0 bridgehead atoms. The quantitative estimate of drug-likeness (QED) is 0.692. The maximum Gasteiger partial charge on any atom is 0.326 e. The highest BCUT2D eigenvalue weighted by Gasteiger charge is 2.37. The number of carboxylic acid groups (broad SMARTS) is 1. The predicted molar refractivity (Wildman–Crippen MR) is 108 cm³/mol. The molecule has 3 rings (SSSR count). The van der Waals surface area contributed by atoms with Gasteiger partial charge in [0.15, 0.2) is 0 Å². The van der Waals surface area contributed by atoms with Crippen LogP contribution in [0.15, 0.2) is 41.8 Å². The third-order valence-corrected chi connectivity index (χ3v) is 8.92. The molecule has 9 heteroatoms. The highest BCUT2D eigenvalue weighted by atomic mass is 32.3. The molecule has 7 nitrogen and oxygen atoms in total. The molecule has 2 N–H and O–H groups in total. The summed E-state index contributed by atoms with van der Waals surface area (Å²) in [7, 11) is -3.38. The van der Waals surface area contributed by atoms with Crippen LogP contribution in [0.4, 0.5) is 0 Å². The van der Waals surface area contributed by atoms with Crippen LogP contribution in [0.5, 0.6) is 0 Å². The Morgan fingerprint density at radius 1 is 1.21 bits per heavy atom. The minimum absolute atomic E-state index is 0.209. The summed E-state index contributed by atoms with van der Waals surface area (Å²) in [6.07, 6.45) is 3.36. The second kappa shape index (κ2) is 9.11. The van der Waals surface area contributed by atoms with E-state index in [4.69, 9.17) is 0 Å². The van der Waals surface area contributed by atoms with Crippen LogP contribution in [0, 0.1) is 5.92 Å². The lowest BCUT2D eigenvalue weighted by Crippen LogP contribution is -2.49. The van der Waals surface area contributed by atoms with Crippen LogP contribution in [-0.2, 0) is 26.0 Å². The first kappa shape index (κ1) is 20.9. The van der Waals surface area contributed by atoms with Crippen LogP contribution >= 0.6 is 11.8 Å². The van der Waals surface area contributed by atoms with Gasteiger partial charge in [-0.15, -0.1) is 11.8 Å². The molecule has 2 atom stereocenters. The molecule has 0 radical (unpaired) electrons. The lowest BCUT2D eigenvalue weighted by molar-refractivity contribution is -0.142. The van der Waals surface area contributed by atoms with Gasteiger partial charge >= 0.3 is 5.97 Å². The lowest BCUT2D eigenvalue weighted by atomic mass is 9.96. The van der Waals surface area contributed by atoms with E-state index in [-0.39, 0.29) is 31.3 Å². The average molecular weight is 425 g/mol. The molecule has 0 saturated carbocycles. The van der Waals surface area contributed by atoms with Gasteiger partial charge in [0.05, 0.1) is 0 Å². The zero-order chi connectivity index (χ0) is 20.1. The lowest BCUT2D eigenvalue weighted by Gasteiger charge is -2.32. The molecule has 1 unspecified atom stereocenters. The summed E-state index contributed by atoms with van der Waals surface area (Å²) < 4.78 is 26.2. The number of aliphatic carboxylic acids is 1. The summed E-state index contributed by atoms with van der Waals surface area (Å²) in [4.78, 5) is 24.1. The number of nitrogens with one attached hydrogen (secondary N) is 1. The van der Waals surface area contributed by atoms with Crippen LogP contribution < -0.4 is 5.32 Å². The van der Waals surface area contributed by atoms with E-state index < -0.39 is 26.6 Å². The fourth-order valence-electron chi connectivity index (χ4n) is 3.44. The number of rotatable bonds is 7. The summed E-state index contributed by atoms with van der Waals surface area (Å²) in [5, 5.41) is 13.9. The Hall–Kier alpha value is -1.84. The van der Waals surface area contributed by atoms with Crippen molar-refractivity contribution in [3.8, 4) is 0 Å². The van der Waals surface area contributed by atoms with Gasteiger partial charge in [-0.05, 0) is 30.2 Å². The van der Waals surface area contributed by atoms with E-state index in [0.29, 0.717) is 19.3 Å². The summed E-state index contributed by atoms with van der Waals surface area (Å²) in [5.41, 5.74) is 0.832.